The first kappa shape index (κ1) is 13.7. The van der Waals surface area contributed by atoms with E-state index in [9.17, 15) is 0 Å². The van der Waals surface area contributed by atoms with Crippen molar-refractivity contribution in [3.8, 4) is 5.88 Å². The van der Waals surface area contributed by atoms with Gasteiger partial charge in [0.15, 0.2) is 5.82 Å². The van der Waals surface area contributed by atoms with Gasteiger partial charge < -0.3 is 15.8 Å². The molecule has 0 saturated heterocycles. The largest absolute Gasteiger partial charge is 0.479 e. The highest BCUT2D eigenvalue weighted by Gasteiger charge is 2.11. The fraction of sp³-hybridized carbons (Fsp3) is 0.167. The van der Waals surface area contributed by atoms with Crippen molar-refractivity contribution < 1.29 is 4.74 Å². The molecule has 1 heterocycles. The van der Waals surface area contributed by atoms with Crippen LogP contribution in [0, 0.1) is 6.92 Å². The first-order valence-electron chi connectivity index (χ1n) is 5.40. The van der Waals surface area contributed by atoms with Crippen molar-refractivity contribution >= 4 is 40.4 Å². The second-order valence-corrected chi connectivity index (χ2v) is 4.67. The van der Waals surface area contributed by atoms with Gasteiger partial charge in [0, 0.05) is 5.02 Å². The molecule has 100 valence electrons. The number of nitrogen functional groups attached to an aromatic ring is 1. The number of ether oxygens (including phenoxy) is 1. The third-order valence-corrected chi connectivity index (χ3v) is 3.26. The van der Waals surface area contributed by atoms with Crippen LogP contribution >= 0.6 is 23.2 Å². The summed E-state index contributed by atoms with van der Waals surface area (Å²) in [5.74, 6) is 0.709. The van der Waals surface area contributed by atoms with E-state index in [0.29, 0.717) is 33.1 Å². The molecule has 0 fully saturated rings. The Morgan fingerprint density at radius 3 is 2.63 bits per heavy atom. The Morgan fingerprint density at radius 1 is 1.21 bits per heavy atom. The van der Waals surface area contributed by atoms with Crippen molar-refractivity contribution in [3.05, 3.63) is 34.1 Å². The number of benzene rings is 1. The molecular formula is C12H12Cl2N4O. The minimum Gasteiger partial charge on any atom is -0.479 e. The molecule has 3 N–H and O–H groups in total. The number of hydrogen-bond donors (Lipinski definition) is 2. The van der Waals surface area contributed by atoms with Crippen molar-refractivity contribution in [3.63, 3.8) is 0 Å². The van der Waals surface area contributed by atoms with Gasteiger partial charge in [-0.05, 0) is 24.6 Å². The number of nitrogens with two attached hydrogens (primary N) is 1. The van der Waals surface area contributed by atoms with Gasteiger partial charge in [-0.3, -0.25) is 0 Å². The molecule has 2 rings (SSSR count). The molecule has 0 aliphatic heterocycles. The van der Waals surface area contributed by atoms with Crippen LogP contribution in [0.25, 0.3) is 0 Å². The Bertz CT molecular complexity index is 619. The van der Waals surface area contributed by atoms with E-state index in [-0.39, 0.29) is 0 Å². The highest BCUT2D eigenvalue weighted by atomic mass is 35.5. The second-order valence-electron chi connectivity index (χ2n) is 3.85. The van der Waals surface area contributed by atoms with Crippen LogP contribution in [0.5, 0.6) is 5.88 Å². The van der Waals surface area contributed by atoms with Gasteiger partial charge in [-0.2, -0.15) is 4.98 Å². The number of nitrogens with one attached hydrogen (secondary N) is 1. The highest BCUT2D eigenvalue weighted by molar-refractivity contribution is 6.35. The molecule has 0 spiro atoms. The van der Waals surface area contributed by atoms with Crippen molar-refractivity contribution in [2.75, 3.05) is 18.2 Å². The smallest absolute Gasteiger partial charge is 0.242 e. The van der Waals surface area contributed by atoms with Gasteiger partial charge in [0.25, 0.3) is 0 Å². The van der Waals surface area contributed by atoms with Gasteiger partial charge >= 0.3 is 0 Å². The summed E-state index contributed by atoms with van der Waals surface area (Å²) in [6.45, 7) is 1.88. The van der Waals surface area contributed by atoms with Gasteiger partial charge in [0.05, 0.1) is 17.8 Å². The average molecular weight is 299 g/mol. The Morgan fingerprint density at radius 2 is 1.95 bits per heavy atom. The minimum absolute atomic E-state index is 0.298. The van der Waals surface area contributed by atoms with Gasteiger partial charge in [-0.25, -0.2) is 4.98 Å². The van der Waals surface area contributed by atoms with Gasteiger partial charge in [-0.15, -0.1) is 0 Å². The normalized spacial score (nSPS) is 10.3. The van der Waals surface area contributed by atoms with Gasteiger partial charge in [-0.1, -0.05) is 23.2 Å². The Labute approximate surface area is 120 Å². The van der Waals surface area contributed by atoms with Crippen molar-refractivity contribution in [1.82, 2.24) is 9.97 Å². The van der Waals surface area contributed by atoms with Crippen LogP contribution in [-0.4, -0.2) is 17.1 Å². The zero-order chi connectivity index (χ0) is 14.0. The molecule has 5 nitrogen and oxygen atoms in total. The van der Waals surface area contributed by atoms with E-state index < -0.39 is 0 Å². The third kappa shape index (κ3) is 2.83. The number of aryl methyl sites for hydroxylation is 1. The van der Waals surface area contributed by atoms with Crippen molar-refractivity contribution in [2.45, 2.75) is 6.92 Å². The molecule has 0 atom stereocenters. The van der Waals surface area contributed by atoms with Crippen LogP contribution in [-0.2, 0) is 0 Å². The predicted octanol–water partition coefficient (Wildman–Crippen LogP) is 3.43. The van der Waals surface area contributed by atoms with Crippen LogP contribution in [0.15, 0.2) is 18.5 Å². The molecule has 0 amide bonds. The maximum atomic E-state index is 6.14. The molecule has 0 unspecified atom stereocenters. The molecule has 0 aliphatic rings. The molecule has 0 bridgehead atoms. The maximum Gasteiger partial charge on any atom is 0.242 e. The maximum absolute atomic E-state index is 6.14. The lowest BCUT2D eigenvalue weighted by atomic mass is 10.2. The van der Waals surface area contributed by atoms with Crippen molar-refractivity contribution in [1.29, 1.82) is 0 Å². The monoisotopic (exact) mass is 298 g/mol. The predicted molar refractivity (Wildman–Crippen MR) is 77.5 cm³/mol. The summed E-state index contributed by atoms with van der Waals surface area (Å²) in [4.78, 5) is 7.94. The number of anilines is 3. The molecule has 19 heavy (non-hydrogen) atoms. The number of halogens is 2. The molecule has 0 saturated carbocycles. The van der Waals surface area contributed by atoms with E-state index >= 15 is 0 Å². The van der Waals surface area contributed by atoms with Crippen molar-refractivity contribution in [2.24, 2.45) is 0 Å². The standard InChI is InChI=1S/C12H12Cl2N4O/c1-6-3-8(14)9(4-7(6)13)18-11-10(15)12(19-2)17-5-16-11/h3-5H,15H2,1-2H3,(H,16,17,18). The molecule has 2 aromatic rings. The van der Waals surface area contributed by atoms with Crippen LogP contribution in [0.3, 0.4) is 0 Å². The average Bonchev–Trinajstić information content (AvgIpc) is 2.38. The van der Waals surface area contributed by atoms with Crippen LogP contribution in [0.2, 0.25) is 10.0 Å². The van der Waals surface area contributed by atoms with E-state index in [1.807, 2.05) is 6.92 Å². The first-order chi connectivity index (χ1) is 9.02. The minimum atomic E-state index is 0.298. The molecular weight excluding hydrogens is 287 g/mol. The fourth-order valence-electron chi connectivity index (χ4n) is 1.51. The van der Waals surface area contributed by atoms with E-state index in [1.54, 1.807) is 12.1 Å². The lowest BCUT2D eigenvalue weighted by Gasteiger charge is -2.12. The zero-order valence-corrected chi connectivity index (χ0v) is 11.9. The fourth-order valence-corrected chi connectivity index (χ4v) is 1.94. The number of nitrogens with zero attached hydrogens (tertiary/aromatic N) is 2. The lowest BCUT2D eigenvalue weighted by Crippen LogP contribution is -2.03. The van der Waals surface area contributed by atoms with E-state index in [2.05, 4.69) is 15.3 Å². The summed E-state index contributed by atoms with van der Waals surface area (Å²) in [6, 6.07) is 3.48. The molecule has 1 aromatic heterocycles. The molecule has 7 heteroatoms. The van der Waals surface area contributed by atoms with E-state index in [4.69, 9.17) is 33.7 Å². The summed E-state index contributed by atoms with van der Waals surface area (Å²) < 4.78 is 5.02. The van der Waals surface area contributed by atoms with Crippen LogP contribution in [0.1, 0.15) is 5.56 Å². The Hall–Kier alpha value is -1.72. The van der Waals surface area contributed by atoms with Gasteiger partial charge in [0.1, 0.15) is 12.0 Å². The number of methoxy groups -OCH3 is 1. The van der Waals surface area contributed by atoms with Crippen LogP contribution < -0.4 is 15.8 Å². The topological polar surface area (TPSA) is 73.1 Å². The third-order valence-electron chi connectivity index (χ3n) is 2.54. The number of rotatable bonds is 3. The molecule has 1 aromatic carbocycles. The number of aromatic nitrogens is 2. The second kappa shape index (κ2) is 5.50. The van der Waals surface area contributed by atoms with E-state index in [0.717, 1.165) is 5.56 Å². The number of hydrogen-bond acceptors (Lipinski definition) is 5. The quantitative estimate of drug-likeness (QED) is 0.908. The SMILES string of the molecule is COc1ncnc(Nc2cc(Cl)c(C)cc2Cl)c1N. The Balaban J connectivity index is 2.39. The highest BCUT2D eigenvalue weighted by Crippen LogP contribution is 2.33. The first-order valence-corrected chi connectivity index (χ1v) is 6.15. The Kier molecular flexibility index (Phi) is 3.97. The van der Waals surface area contributed by atoms with E-state index in [1.165, 1.54) is 13.4 Å². The summed E-state index contributed by atoms with van der Waals surface area (Å²) in [5.41, 5.74) is 7.68. The summed E-state index contributed by atoms with van der Waals surface area (Å²) >= 11 is 12.2. The van der Waals surface area contributed by atoms with Crippen LogP contribution in [0.4, 0.5) is 17.2 Å². The summed E-state index contributed by atoms with van der Waals surface area (Å²) in [6.07, 6.45) is 1.35. The lowest BCUT2D eigenvalue weighted by molar-refractivity contribution is 0.399. The molecule has 0 aliphatic carbocycles. The van der Waals surface area contributed by atoms with Gasteiger partial charge in [0.2, 0.25) is 5.88 Å². The zero-order valence-electron chi connectivity index (χ0n) is 10.4. The summed E-state index contributed by atoms with van der Waals surface area (Å²) in [7, 11) is 1.48. The summed E-state index contributed by atoms with van der Waals surface area (Å²) in [5, 5.41) is 4.14. The molecule has 0 radical (unpaired) electrons.